The van der Waals surface area contributed by atoms with Crippen molar-refractivity contribution in [1.29, 1.82) is 0 Å². The minimum atomic E-state index is -0.622. The second kappa shape index (κ2) is 6.33. The molecule has 0 spiro atoms. The number of nitrogens with one attached hydrogen (secondary N) is 1. The summed E-state index contributed by atoms with van der Waals surface area (Å²) in [5, 5.41) is 2.70. The average molecular weight is 333 g/mol. The monoisotopic (exact) mass is 332 g/mol. The van der Waals surface area contributed by atoms with E-state index in [0.717, 1.165) is 8.66 Å². The molecule has 0 bridgehead atoms. The van der Waals surface area contributed by atoms with Gasteiger partial charge in [-0.1, -0.05) is 13.8 Å². The highest BCUT2D eigenvalue weighted by atomic mass is 79.9. The number of rotatable bonds is 5. The molecule has 0 saturated carbocycles. The fourth-order valence-corrected chi connectivity index (χ4v) is 3.01. The molecular weight excluding hydrogens is 316 g/mol. The van der Waals surface area contributed by atoms with Gasteiger partial charge in [-0.15, -0.1) is 11.3 Å². The predicted octanol–water partition coefficient (Wildman–Crippen LogP) is 2.24. The Balaban J connectivity index is 2.73. The second-order valence-electron chi connectivity index (χ2n) is 4.50. The standard InChI is InChI=1S/C12H17BrN2O2S/c1-6(2)10(11(14)16)15-12(17)7(3)8-4-5-9(13)18-8/h4-7,10H,1-3H3,(H2,14,16)(H,15,17)/t7-,10-/m1/s1. The van der Waals surface area contributed by atoms with E-state index in [1.807, 2.05) is 32.9 Å². The summed E-state index contributed by atoms with van der Waals surface area (Å²) < 4.78 is 0.979. The summed E-state index contributed by atoms with van der Waals surface area (Å²) in [7, 11) is 0. The van der Waals surface area contributed by atoms with Crippen molar-refractivity contribution in [3.05, 3.63) is 20.8 Å². The molecule has 3 N–H and O–H groups in total. The topological polar surface area (TPSA) is 72.2 Å². The molecule has 2 atom stereocenters. The van der Waals surface area contributed by atoms with E-state index < -0.39 is 11.9 Å². The Hall–Kier alpha value is -0.880. The second-order valence-corrected chi connectivity index (χ2v) is 6.99. The van der Waals surface area contributed by atoms with E-state index in [1.165, 1.54) is 11.3 Å². The number of carbonyl (C=O) groups excluding carboxylic acids is 2. The number of thiophene rings is 1. The van der Waals surface area contributed by atoms with Crippen LogP contribution in [-0.4, -0.2) is 17.9 Å². The molecule has 0 saturated heterocycles. The van der Waals surface area contributed by atoms with Crippen molar-refractivity contribution >= 4 is 39.1 Å². The molecule has 100 valence electrons. The van der Waals surface area contributed by atoms with Gasteiger partial charge in [0.1, 0.15) is 6.04 Å². The number of hydrogen-bond donors (Lipinski definition) is 2. The van der Waals surface area contributed by atoms with E-state index in [2.05, 4.69) is 21.2 Å². The molecule has 0 unspecified atom stereocenters. The largest absolute Gasteiger partial charge is 0.368 e. The minimum Gasteiger partial charge on any atom is -0.368 e. The van der Waals surface area contributed by atoms with Gasteiger partial charge < -0.3 is 11.1 Å². The van der Waals surface area contributed by atoms with E-state index in [1.54, 1.807) is 0 Å². The van der Waals surface area contributed by atoms with Crippen LogP contribution in [0.5, 0.6) is 0 Å². The van der Waals surface area contributed by atoms with Crippen molar-refractivity contribution in [3.63, 3.8) is 0 Å². The smallest absolute Gasteiger partial charge is 0.240 e. The number of halogens is 1. The zero-order valence-corrected chi connectivity index (χ0v) is 13.0. The van der Waals surface area contributed by atoms with Crippen LogP contribution in [0.3, 0.4) is 0 Å². The highest BCUT2D eigenvalue weighted by Crippen LogP contribution is 2.28. The third-order valence-corrected chi connectivity index (χ3v) is 4.49. The van der Waals surface area contributed by atoms with E-state index in [0.29, 0.717) is 0 Å². The Labute approximate surface area is 119 Å². The predicted molar refractivity (Wildman–Crippen MR) is 76.4 cm³/mol. The van der Waals surface area contributed by atoms with Gasteiger partial charge in [-0.05, 0) is 40.9 Å². The summed E-state index contributed by atoms with van der Waals surface area (Å²) in [6.07, 6.45) is 0. The molecule has 0 aliphatic carbocycles. The van der Waals surface area contributed by atoms with Crippen molar-refractivity contribution in [1.82, 2.24) is 5.32 Å². The molecule has 1 aromatic rings. The zero-order valence-electron chi connectivity index (χ0n) is 10.6. The number of nitrogens with two attached hydrogens (primary N) is 1. The van der Waals surface area contributed by atoms with Crippen LogP contribution in [0.4, 0.5) is 0 Å². The molecule has 1 rings (SSSR count). The Morgan fingerprint density at radius 2 is 1.94 bits per heavy atom. The highest BCUT2D eigenvalue weighted by molar-refractivity contribution is 9.11. The maximum Gasteiger partial charge on any atom is 0.240 e. The molecule has 1 aromatic heterocycles. The third-order valence-electron chi connectivity index (χ3n) is 2.69. The van der Waals surface area contributed by atoms with Crippen LogP contribution in [0.2, 0.25) is 0 Å². The fraction of sp³-hybridized carbons (Fsp3) is 0.500. The highest BCUT2D eigenvalue weighted by Gasteiger charge is 2.25. The van der Waals surface area contributed by atoms with Gasteiger partial charge in [0.05, 0.1) is 9.70 Å². The van der Waals surface area contributed by atoms with Gasteiger partial charge in [0.15, 0.2) is 0 Å². The molecule has 0 aliphatic heterocycles. The quantitative estimate of drug-likeness (QED) is 0.867. The first-order chi connectivity index (χ1) is 8.32. The van der Waals surface area contributed by atoms with Crippen LogP contribution in [0.1, 0.15) is 31.6 Å². The number of primary amides is 1. The Bertz CT molecular complexity index is 445. The fourth-order valence-electron chi connectivity index (χ4n) is 1.53. The molecule has 0 radical (unpaired) electrons. The molecule has 18 heavy (non-hydrogen) atoms. The Kier molecular flexibility index (Phi) is 5.34. The Morgan fingerprint density at radius 3 is 2.33 bits per heavy atom. The number of hydrogen-bond acceptors (Lipinski definition) is 3. The lowest BCUT2D eigenvalue weighted by molar-refractivity contribution is -0.128. The van der Waals surface area contributed by atoms with Crippen LogP contribution in [0.15, 0.2) is 15.9 Å². The van der Waals surface area contributed by atoms with Crippen molar-refractivity contribution < 1.29 is 9.59 Å². The van der Waals surface area contributed by atoms with E-state index in [9.17, 15) is 9.59 Å². The van der Waals surface area contributed by atoms with Gasteiger partial charge >= 0.3 is 0 Å². The molecule has 4 nitrogen and oxygen atoms in total. The van der Waals surface area contributed by atoms with Crippen LogP contribution in [0, 0.1) is 5.92 Å². The molecule has 0 fully saturated rings. The first kappa shape index (κ1) is 15.2. The average Bonchev–Trinajstić information content (AvgIpc) is 2.70. The van der Waals surface area contributed by atoms with Gasteiger partial charge in [0.25, 0.3) is 0 Å². The van der Waals surface area contributed by atoms with Crippen molar-refractivity contribution in [3.8, 4) is 0 Å². The molecular formula is C12H17BrN2O2S. The molecule has 0 aromatic carbocycles. The van der Waals surface area contributed by atoms with Crippen LogP contribution in [-0.2, 0) is 9.59 Å². The number of amides is 2. The lowest BCUT2D eigenvalue weighted by Gasteiger charge is -2.20. The van der Waals surface area contributed by atoms with Crippen LogP contribution < -0.4 is 11.1 Å². The summed E-state index contributed by atoms with van der Waals surface area (Å²) in [5.74, 6) is -0.990. The normalized spacial score (nSPS) is 14.3. The third kappa shape index (κ3) is 3.81. The van der Waals surface area contributed by atoms with E-state index >= 15 is 0 Å². The Morgan fingerprint density at radius 1 is 1.33 bits per heavy atom. The maximum atomic E-state index is 12.0. The summed E-state index contributed by atoms with van der Waals surface area (Å²) in [6.45, 7) is 5.51. The number of carbonyl (C=O) groups is 2. The van der Waals surface area contributed by atoms with Crippen molar-refractivity contribution in [2.24, 2.45) is 11.7 Å². The first-order valence-corrected chi connectivity index (χ1v) is 7.28. The van der Waals surface area contributed by atoms with Crippen LogP contribution >= 0.6 is 27.3 Å². The summed E-state index contributed by atoms with van der Waals surface area (Å²) in [4.78, 5) is 24.2. The van der Waals surface area contributed by atoms with Crippen molar-refractivity contribution in [2.45, 2.75) is 32.7 Å². The molecule has 1 heterocycles. The van der Waals surface area contributed by atoms with E-state index in [4.69, 9.17) is 5.73 Å². The van der Waals surface area contributed by atoms with Crippen molar-refractivity contribution in [2.75, 3.05) is 0 Å². The van der Waals surface area contributed by atoms with Crippen LogP contribution in [0.25, 0.3) is 0 Å². The van der Waals surface area contributed by atoms with Gasteiger partial charge in [-0.3, -0.25) is 9.59 Å². The lowest BCUT2D eigenvalue weighted by atomic mass is 10.0. The summed E-state index contributed by atoms with van der Waals surface area (Å²) in [5.41, 5.74) is 5.27. The minimum absolute atomic E-state index is 0.0197. The van der Waals surface area contributed by atoms with E-state index in [-0.39, 0.29) is 17.7 Å². The lowest BCUT2D eigenvalue weighted by Crippen LogP contribution is -2.48. The molecule has 2 amide bonds. The maximum absolute atomic E-state index is 12.0. The van der Waals surface area contributed by atoms with Gasteiger partial charge in [0, 0.05) is 4.88 Å². The zero-order chi connectivity index (χ0) is 13.9. The summed E-state index contributed by atoms with van der Waals surface area (Å²) >= 11 is 4.87. The summed E-state index contributed by atoms with van der Waals surface area (Å²) in [6, 6.07) is 3.18. The van der Waals surface area contributed by atoms with Gasteiger partial charge in [-0.2, -0.15) is 0 Å². The van der Waals surface area contributed by atoms with Gasteiger partial charge in [0.2, 0.25) is 11.8 Å². The molecule has 6 heteroatoms. The SMILES string of the molecule is CC(C)[C@@H](NC(=O)[C@H](C)c1ccc(Br)s1)C(N)=O. The van der Waals surface area contributed by atoms with Gasteiger partial charge in [-0.25, -0.2) is 0 Å². The molecule has 0 aliphatic rings. The first-order valence-electron chi connectivity index (χ1n) is 5.67.